The molecule has 1 atom stereocenters. The standard InChI is InChI=1S/C10H13BrN4OS/c1-15-10(7(16-2)4-13-15)9(14-12)6-3-8(11)17-5-6/h3-5,9,14H,12H2,1-2H3. The first kappa shape index (κ1) is 12.6. The van der Waals surface area contributed by atoms with E-state index in [0.29, 0.717) is 0 Å². The minimum absolute atomic E-state index is 0.139. The van der Waals surface area contributed by atoms with Crippen LogP contribution in [-0.2, 0) is 7.05 Å². The summed E-state index contributed by atoms with van der Waals surface area (Å²) in [6.07, 6.45) is 1.68. The number of methoxy groups -OCH3 is 1. The number of nitrogens with two attached hydrogens (primary N) is 1. The second-order valence-corrected chi connectivity index (χ2v) is 5.80. The monoisotopic (exact) mass is 316 g/mol. The number of halogens is 1. The van der Waals surface area contributed by atoms with E-state index in [1.807, 2.05) is 18.5 Å². The molecule has 0 amide bonds. The highest BCUT2D eigenvalue weighted by Crippen LogP contribution is 2.32. The van der Waals surface area contributed by atoms with Crippen molar-refractivity contribution in [1.29, 1.82) is 0 Å². The second-order valence-electron chi connectivity index (χ2n) is 3.51. The summed E-state index contributed by atoms with van der Waals surface area (Å²) in [4.78, 5) is 0. The lowest BCUT2D eigenvalue weighted by Crippen LogP contribution is -2.30. The minimum atomic E-state index is -0.139. The van der Waals surface area contributed by atoms with Crippen molar-refractivity contribution in [3.8, 4) is 5.75 Å². The van der Waals surface area contributed by atoms with E-state index in [2.05, 4.69) is 26.5 Å². The van der Waals surface area contributed by atoms with Gasteiger partial charge in [0.25, 0.3) is 0 Å². The summed E-state index contributed by atoms with van der Waals surface area (Å²) in [7, 11) is 3.49. The van der Waals surface area contributed by atoms with Crippen molar-refractivity contribution in [2.45, 2.75) is 6.04 Å². The van der Waals surface area contributed by atoms with Crippen molar-refractivity contribution < 1.29 is 4.74 Å². The van der Waals surface area contributed by atoms with Gasteiger partial charge in [0.15, 0.2) is 5.75 Å². The lowest BCUT2D eigenvalue weighted by atomic mass is 10.1. The lowest BCUT2D eigenvalue weighted by molar-refractivity contribution is 0.401. The molecule has 0 bridgehead atoms. The van der Waals surface area contributed by atoms with Gasteiger partial charge in [0, 0.05) is 7.05 Å². The number of aryl methyl sites for hydroxylation is 1. The van der Waals surface area contributed by atoms with Crippen LogP contribution in [-0.4, -0.2) is 16.9 Å². The zero-order chi connectivity index (χ0) is 12.4. The van der Waals surface area contributed by atoms with Gasteiger partial charge >= 0.3 is 0 Å². The Morgan fingerprint density at radius 1 is 1.65 bits per heavy atom. The quantitative estimate of drug-likeness (QED) is 0.667. The summed E-state index contributed by atoms with van der Waals surface area (Å²) in [6, 6.07) is 1.89. The van der Waals surface area contributed by atoms with Gasteiger partial charge in [-0.3, -0.25) is 10.5 Å². The molecule has 1 unspecified atom stereocenters. The average molecular weight is 317 g/mol. The number of nitrogens with one attached hydrogen (secondary N) is 1. The molecule has 0 spiro atoms. The van der Waals surface area contributed by atoms with Crippen molar-refractivity contribution in [2.75, 3.05) is 7.11 Å². The number of aromatic nitrogens is 2. The van der Waals surface area contributed by atoms with E-state index in [1.165, 1.54) is 0 Å². The summed E-state index contributed by atoms with van der Waals surface area (Å²) >= 11 is 5.06. The van der Waals surface area contributed by atoms with Gasteiger partial charge in [-0.15, -0.1) is 11.3 Å². The maximum atomic E-state index is 5.64. The van der Waals surface area contributed by atoms with E-state index < -0.39 is 0 Å². The molecule has 0 radical (unpaired) electrons. The molecule has 0 aliphatic rings. The number of thiophene rings is 1. The van der Waals surface area contributed by atoms with Crippen molar-refractivity contribution >= 4 is 27.3 Å². The van der Waals surface area contributed by atoms with Crippen LogP contribution in [0.5, 0.6) is 5.75 Å². The maximum absolute atomic E-state index is 5.64. The largest absolute Gasteiger partial charge is 0.493 e. The Morgan fingerprint density at radius 2 is 2.41 bits per heavy atom. The molecule has 2 heterocycles. The second kappa shape index (κ2) is 5.18. The van der Waals surface area contributed by atoms with Crippen LogP contribution in [0.2, 0.25) is 0 Å². The van der Waals surface area contributed by atoms with Crippen LogP contribution >= 0.6 is 27.3 Å². The zero-order valence-electron chi connectivity index (χ0n) is 9.48. The molecule has 0 saturated heterocycles. The van der Waals surface area contributed by atoms with E-state index >= 15 is 0 Å². The molecule has 2 aromatic heterocycles. The molecule has 0 aliphatic carbocycles. The van der Waals surface area contributed by atoms with E-state index in [0.717, 1.165) is 20.8 Å². The molecule has 0 saturated carbocycles. The van der Waals surface area contributed by atoms with Crippen LogP contribution in [0.3, 0.4) is 0 Å². The molecule has 17 heavy (non-hydrogen) atoms. The smallest absolute Gasteiger partial charge is 0.161 e. The average Bonchev–Trinajstić information content (AvgIpc) is 2.89. The molecule has 3 N–H and O–H groups in total. The summed E-state index contributed by atoms with van der Waals surface area (Å²) in [6.45, 7) is 0. The highest BCUT2D eigenvalue weighted by Gasteiger charge is 2.22. The predicted octanol–water partition coefficient (Wildman–Crippen LogP) is 1.81. The van der Waals surface area contributed by atoms with Crippen LogP contribution in [0, 0.1) is 0 Å². The Bertz CT molecular complexity index is 510. The predicted molar refractivity (Wildman–Crippen MR) is 70.9 cm³/mol. The molecule has 5 nitrogen and oxygen atoms in total. The van der Waals surface area contributed by atoms with Gasteiger partial charge in [-0.1, -0.05) is 0 Å². The Kier molecular flexibility index (Phi) is 3.82. The summed E-state index contributed by atoms with van der Waals surface area (Å²) in [5.74, 6) is 6.36. The van der Waals surface area contributed by atoms with Crippen LogP contribution in [0.15, 0.2) is 21.4 Å². The maximum Gasteiger partial charge on any atom is 0.161 e. The number of rotatable bonds is 4. The molecule has 0 aromatic carbocycles. The number of hydrogen-bond acceptors (Lipinski definition) is 5. The molecular weight excluding hydrogens is 304 g/mol. The fraction of sp³-hybridized carbons (Fsp3) is 0.300. The fourth-order valence-corrected chi connectivity index (χ4v) is 2.92. The normalized spacial score (nSPS) is 12.7. The van der Waals surface area contributed by atoms with E-state index in [9.17, 15) is 0 Å². The van der Waals surface area contributed by atoms with E-state index in [-0.39, 0.29) is 6.04 Å². The van der Waals surface area contributed by atoms with Gasteiger partial charge in [-0.25, -0.2) is 5.43 Å². The van der Waals surface area contributed by atoms with Crippen LogP contribution in [0.25, 0.3) is 0 Å². The number of hydrazine groups is 1. The summed E-state index contributed by atoms with van der Waals surface area (Å²) in [5.41, 5.74) is 4.77. The third-order valence-electron chi connectivity index (χ3n) is 2.53. The van der Waals surface area contributed by atoms with Crippen molar-refractivity contribution in [3.63, 3.8) is 0 Å². The van der Waals surface area contributed by atoms with Crippen LogP contribution in [0.1, 0.15) is 17.3 Å². The number of nitrogens with zero attached hydrogens (tertiary/aromatic N) is 2. The summed E-state index contributed by atoms with van der Waals surface area (Å²) in [5, 5.41) is 6.22. The first-order valence-corrected chi connectivity index (χ1v) is 6.60. The first-order chi connectivity index (χ1) is 8.17. The van der Waals surface area contributed by atoms with Crippen molar-refractivity contribution in [1.82, 2.24) is 15.2 Å². The van der Waals surface area contributed by atoms with E-state index in [1.54, 1.807) is 29.3 Å². The van der Waals surface area contributed by atoms with Gasteiger partial charge in [0.05, 0.1) is 23.1 Å². The van der Waals surface area contributed by atoms with Gasteiger partial charge in [0.1, 0.15) is 5.69 Å². The number of ether oxygens (including phenoxy) is 1. The highest BCUT2D eigenvalue weighted by atomic mass is 79.9. The molecule has 7 heteroatoms. The van der Waals surface area contributed by atoms with Crippen molar-refractivity contribution in [3.05, 3.63) is 32.7 Å². The fourth-order valence-electron chi connectivity index (χ4n) is 1.72. The van der Waals surface area contributed by atoms with Crippen LogP contribution in [0.4, 0.5) is 0 Å². The highest BCUT2D eigenvalue weighted by molar-refractivity contribution is 9.11. The lowest BCUT2D eigenvalue weighted by Gasteiger charge is -2.16. The Hall–Kier alpha value is -0.890. The van der Waals surface area contributed by atoms with Crippen LogP contribution < -0.4 is 16.0 Å². The molecule has 92 valence electrons. The zero-order valence-corrected chi connectivity index (χ0v) is 11.9. The Labute approximate surface area is 112 Å². The van der Waals surface area contributed by atoms with Gasteiger partial charge in [-0.2, -0.15) is 5.10 Å². The van der Waals surface area contributed by atoms with E-state index in [4.69, 9.17) is 10.6 Å². The molecule has 2 aromatic rings. The SMILES string of the molecule is COc1cnn(C)c1C(NN)c1csc(Br)c1. The van der Waals surface area contributed by atoms with Gasteiger partial charge < -0.3 is 4.74 Å². The Balaban J connectivity index is 2.44. The first-order valence-electron chi connectivity index (χ1n) is 4.93. The minimum Gasteiger partial charge on any atom is -0.493 e. The molecule has 0 aliphatic heterocycles. The molecule has 2 rings (SSSR count). The van der Waals surface area contributed by atoms with Gasteiger partial charge in [-0.05, 0) is 32.9 Å². The molecule has 0 fully saturated rings. The third kappa shape index (κ3) is 2.37. The summed E-state index contributed by atoms with van der Waals surface area (Å²) < 4.78 is 8.11. The number of hydrogen-bond donors (Lipinski definition) is 2. The Morgan fingerprint density at radius 3 is 2.94 bits per heavy atom. The van der Waals surface area contributed by atoms with Crippen molar-refractivity contribution in [2.24, 2.45) is 12.9 Å². The third-order valence-corrected chi connectivity index (χ3v) is 4.05. The molecular formula is C10H13BrN4OS. The topological polar surface area (TPSA) is 65.1 Å². The van der Waals surface area contributed by atoms with Gasteiger partial charge in [0.2, 0.25) is 0 Å².